The van der Waals surface area contributed by atoms with Crippen molar-refractivity contribution in [2.75, 3.05) is 5.88 Å². The Kier molecular flexibility index (Phi) is 3.69. The molecule has 1 atom stereocenters. The van der Waals surface area contributed by atoms with Crippen molar-refractivity contribution in [3.05, 3.63) is 65.7 Å². The van der Waals surface area contributed by atoms with E-state index < -0.39 is 10.0 Å². The summed E-state index contributed by atoms with van der Waals surface area (Å²) in [5, 5.41) is 0. The van der Waals surface area contributed by atoms with E-state index in [1.165, 1.54) is 0 Å². The van der Waals surface area contributed by atoms with Gasteiger partial charge in [-0.3, -0.25) is 9.71 Å². The van der Waals surface area contributed by atoms with Crippen LogP contribution in [0.15, 0.2) is 64.5 Å². The van der Waals surface area contributed by atoms with Gasteiger partial charge in [-0.1, -0.05) is 42.5 Å². The van der Waals surface area contributed by atoms with E-state index in [4.69, 9.17) is 11.6 Å². The molecule has 0 saturated carbocycles. The molecule has 1 N–H and O–H groups in total. The number of amidine groups is 1. The van der Waals surface area contributed by atoms with Crippen LogP contribution in [-0.2, 0) is 10.0 Å². The van der Waals surface area contributed by atoms with Crippen molar-refractivity contribution < 1.29 is 8.42 Å². The van der Waals surface area contributed by atoms with Gasteiger partial charge in [-0.25, -0.2) is 8.42 Å². The van der Waals surface area contributed by atoms with Crippen LogP contribution in [0.1, 0.15) is 17.2 Å². The van der Waals surface area contributed by atoms with E-state index in [9.17, 15) is 8.42 Å². The zero-order valence-corrected chi connectivity index (χ0v) is 12.6. The van der Waals surface area contributed by atoms with Crippen LogP contribution in [0, 0.1) is 0 Å². The van der Waals surface area contributed by atoms with E-state index in [2.05, 4.69) is 9.71 Å². The van der Waals surface area contributed by atoms with Crippen molar-refractivity contribution >= 4 is 27.5 Å². The normalized spacial score (nSPS) is 19.0. The van der Waals surface area contributed by atoms with E-state index in [1.54, 1.807) is 24.3 Å². The average Bonchev–Trinajstić information content (AvgIpc) is 2.77. The molecule has 0 fully saturated rings. The lowest BCUT2D eigenvalue weighted by Crippen LogP contribution is -2.23. The van der Waals surface area contributed by atoms with Gasteiger partial charge in [0.2, 0.25) is 0 Å². The van der Waals surface area contributed by atoms with E-state index in [-0.39, 0.29) is 16.8 Å². The fourth-order valence-corrected chi connectivity index (χ4v) is 3.75. The summed E-state index contributed by atoms with van der Waals surface area (Å²) in [6, 6.07) is 16.1. The van der Waals surface area contributed by atoms with Crippen molar-refractivity contribution in [3.8, 4) is 0 Å². The second kappa shape index (κ2) is 5.50. The molecule has 0 aliphatic carbocycles. The van der Waals surface area contributed by atoms with Gasteiger partial charge in [-0.2, -0.15) is 0 Å². The van der Waals surface area contributed by atoms with Crippen molar-refractivity contribution in [2.24, 2.45) is 4.99 Å². The molecule has 1 aliphatic heterocycles. The number of hydrogen-bond acceptors (Lipinski definition) is 3. The minimum Gasteiger partial charge on any atom is -0.263 e. The summed E-state index contributed by atoms with van der Waals surface area (Å²) in [5.41, 5.74) is 1.53. The molecule has 0 radical (unpaired) electrons. The third-order valence-corrected chi connectivity index (χ3v) is 4.97. The molecular weight excluding hydrogens is 308 g/mol. The fourth-order valence-electron chi connectivity index (χ4n) is 2.26. The maximum Gasteiger partial charge on any atom is 0.263 e. The van der Waals surface area contributed by atoms with Crippen LogP contribution >= 0.6 is 11.6 Å². The monoisotopic (exact) mass is 320 g/mol. The molecule has 1 heterocycles. The smallest absolute Gasteiger partial charge is 0.263 e. The highest BCUT2D eigenvalue weighted by Gasteiger charge is 2.30. The fraction of sp³-hybridized carbons (Fsp3) is 0.133. The minimum atomic E-state index is -3.51. The summed E-state index contributed by atoms with van der Waals surface area (Å²) >= 11 is 5.99. The molecular formula is C15H13ClN2O2S. The SMILES string of the molecule is O=S1(=O)NC(=NC(CCl)c2ccccc2)c2ccccc21. The molecule has 3 rings (SSSR count). The van der Waals surface area contributed by atoms with Gasteiger partial charge in [0.05, 0.1) is 10.9 Å². The van der Waals surface area contributed by atoms with E-state index in [0.29, 0.717) is 11.4 Å². The van der Waals surface area contributed by atoms with Gasteiger partial charge in [-0.15, -0.1) is 11.6 Å². The van der Waals surface area contributed by atoms with Crippen molar-refractivity contribution in [3.63, 3.8) is 0 Å². The lowest BCUT2D eigenvalue weighted by atomic mass is 10.1. The Hall–Kier alpha value is -1.85. The molecule has 4 nitrogen and oxygen atoms in total. The lowest BCUT2D eigenvalue weighted by Gasteiger charge is -2.10. The summed E-state index contributed by atoms with van der Waals surface area (Å²) < 4.78 is 26.6. The molecule has 2 aromatic rings. The van der Waals surface area contributed by atoms with Crippen LogP contribution in [0.25, 0.3) is 0 Å². The molecule has 1 aliphatic rings. The first-order valence-corrected chi connectivity index (χ1v) is 8.44. The number of fused-ring (bicyclic) bond motifs is 1. The first-order chi connectivity index (χ1) is 10.1. The first-order valence-electron chi connectivity index (χ1n) is 6.43. The van der Waals surface area contributed by atoms with Gasteiger partial charge >= 0.3 is 0 Å². The average molecular weight is 321 g/mol. The number of alkyl halides is 1. The van der Waals surface area contributed by atoms with Crippen LogP contribution in [0.5, 0.6) is 0 Å². The van der Waals surface area contributed by atoms with Crippen molar-refractivity contribution in [2.45, 2.75) is 10.9 Å². The Morgan fingerprint density at radius 2 is 1.71 bits per heavy atom. The first kappa shape index (κ1) is 14.1. The maximum atomic E-state index is 12.0. The maximum absolute atomic E-state index is 12.0. The second-order valence-electron chi connectivity index (χ2n) is 4.66. The molecule has 0 spiro atoms. The lowest BCUT2D eigenvalue weighted by molar-refractivity contribution is 0.595. The molecule has 0 aromatic heterocycles. The van der Waals surface area contributed by atoms with Crippen LogP contribution in [0.3, 0.4) is 0 Å². The van der Waals surface area contributed by atoms with Gasteiger partial charge in [0, 0.05) is 11.4 Å². The molecule has 0 bridgehead atoms. The van der Waals surface area contributed by atoms with Crippen molar-refractivity contribution in [1.82, 2.24) is 4.72 Å². The molecule has 0 amide bonds. The van der Waals surface area contributed by atoms with Gasteiger partial charge in [0.25, 0.3) is 10.0 Å². The predicted octanol–water partition coefficient (Wildman–Crippen LogP) is 2.71. The summed E-state index contributed by atoms with van der Waals surface area (Å²) in [6.45, 7) is 0. The van der Waals surface area contributed by atoms with E-state index in [1.807, 2.05) is 30.3 Å². The van der Waals surface area contributed by atoms with Gasteiger partial charge < -0.3 is 0 Å². The number of aliphatic imine (C=N–C) groups is 1. The zero-order valence-electron chi connectivity index (χ0n) is 11.0. The second-order valence-corrected chi connectivity index (χ2v) is 6.62. The number of sulfonamides is 1. The number of halogens is 1. The quantitative estimate of drug-likeness (QED) is 0.884. The number of rotatable bonds is 3. The van der Waals surface area contributed by atoms with E-state index >= 15 is 0 Å². The van der Waals surface area contributed by atoms with Crippen LogP contribution in [-0.4, -0.2) is 20.1 Å². The van der Waals surface area contributed by atoms with Gasteiger partial charge in [-0.05, 0) is 17.7 Å². The summed E-state index contributed by atoms with van der Waals surface area (Å²) in [6.07, 6.45) is 0. The highest BCUT2D eigenvalue weighted by Crippen LogP contribution is 2.26. The number of nitrogens with zero attached hydrogens (tertiary/aromatic N) is 1. The molecule has 0 saturated heterocycles. The Balaban J connectivity index is 2.05. The summed E-state index contributed by atoms with van der Waals surface area (Å²) in [7, 11) is -3.51. The topological polar surface area (TPSA) is 58.5 Å². The predicted molar refractivity (Wildman–Crippen MR) is 83.2 cm³/mol. The summed E-state index contributed by atoms with van der Waals surface area (Å²) in [4.78, 5) is 4.75. The molecule has 6 heteroatoms. The zero-order chi connectivity index (χ0) is 14.9. The highest BCUT2D eigenvalue weighted by atomic mass is 35.5. The van der Waals surface area contributed by atoms with Crippen molar-refractivity contribution in [1.29, 1.82) is 0 Å². The number of nitrogens with one attached hydrogen (secondary N) is 1. The number of hydrogen-bond donors (Lipinski definition) is 1. The largest absolute Gasteiger partial charge is 0.263 e. The Morgan fingerprint density at radius 1 is 1.05 bits per heavy atom. The Morgan fingerprint density at radius 3 is 2.43 bits per heavy atom. The van der Waals surface area contributed by atoms with Gasteiger partial charge in [0.1, 0.15) is 5.84 Å². The minimum absolute atomic E-state index is 0.255. The summed E-state index contributed by atoms with van der Waals surface area (Å²) in [5.74, 6) is 0.623. The van der Waals surface area contributed by atoms with Gasteiger partial charge in [0.15, 0.2) is 0 Å². The molecule has 2 aromatic carbocycles. The highest BCUT2D eigenvalue weighted by molar-refractivity contribution is 7.90. The third-order valence-electron chi connectivity index (χ3n) is 3.28. The third kappa shape index (κ3) is 2.66. The van der Waals surface area contributed by atoms with Crippen LogP contribution < -0.4 is 4.72 Å². The Bertz CT molecular complexity index is 788. The van der Waals surface area contributed by atoms with E-state index in [0.717, 1.165) is 5.56 Å². The molecule has 1 unspecified atom stereocenters. The standard InChI is InChI=1S/C15H13ClN2O2S/c16-10-13(11-6-2-1-3-7-11)17-15-12-8-4-5-9-14(12)21(19,20)18-15/h1-9,13H,10H2,(H,17,18). The Labute approximate surface area is 128 Å². The molecule has 21 heavy (non-hydrogen) atoms. The van der Waals surface area contributed by atoms with Crippen LogP contribution in [0.4, 0.5) is 0 Å². The molecule has 108 valence electrons. The van der Waals surface area contributed by atoms with Crippen LogP contribution in [0.2, 0.25) is 0 Å². The number of benzene rings is 2.